The van der Waals surface area contributed by atoms with E-state index in [9.17, 15) is 10.1 Å². The first-order chi connectivity index (χ1) is 17.1. The van der Waals surface area contributed by atoms with Gasteiger partial charge in [-0.1, -0.05) is 60.7 Å². The molecule has 5 nitrogen and oxygen atoms in total. The zero-order chi connectivity index (χ0) is 24.2. The number of nitrogens with zero attached hydrogens (tertiary/aromatic N) is 2. The summed E-state index contributed by atoms with van der Waals surface area (Å²) in [5.41, 5.74) is 5.05. The summed E-state index contributed by atoms with van der Waals surface area (Å²) in [6, 6.07) is 30.0. The summed E-state index contributed by atoms with van der Waals surface area (Å²) in [7, 11) is 0. The molecule has 0 unspecified atom stereocenters. The lowest BCUT2D eigenvalue weighted by molar-refractivity contribution is 0.0977. The Labute approximate surface area is 210 Å². The summed E-state index contributed by atoms with van der Waals surface area (Å²) in [4.78, 5) is 14.8. The van der Waals surface area contributed by atoms with Gasteiger partial charge in [0.05, 0.1) is 11.3 Å². The Kier molecular flexibility index (Phi) is 6.42. The van der Waals surface area contributed by atoms with Crippen LogP contribution >= 0.6 is 12.2 Å². The summed E-state index contributed by atoms with van der Waals surface area (Å²) < 4.78 is 0. The van der Waals surface area contributed by atoms with Crippen LogP contribution in [-0.2, 0) is 13.0 Å². The molecule has 0 bridgehead atoms. The van der Waals surface area contributed by atoms with Gasteiger partial charge in [-0.15, -0.1) is 0 Å². The summed E-state index contributed by atoms with van der Waals surface area (Å²) in [6.45, 7) is 1.71. The normalized spacial score (nSPS) is 12.5. The minimum atomic E-state index is -0.291. The van der Waals surface area contributed by atoms with Crippen molar-refractivity contribution in [1.29, 1.82) is 5.26 Å². The van der Waals surface area contributed by atoms with E-state index in [-0.39, 0.29) is 11.0 Å². The molecule has 1 heterocycles. The van der Waals surface area contributed by atoms with Crippen LogP contribution in [0.1, 0.15) is 33.5 Å². The fourth-order valence-corrected chi connectivity index (χ4v) is 4.91. The van der Waals surface area contributed by atoms with E-state index in [0.29, 0.717) is 16.8 Å². The summed E-state index contributed by atoms with van der Waals surface area (Å²) in [5, 5.41) is 18.4. The molecule has 6 heteroatoms. The Balaban J connectivity index is 1.38. The highest BCUT2D eigenvalue weighted by molar-refractivity contribution is 7.80. The van der Waals surface area contributed by atoms with E-state index >= 15 is 0 Å². The van der Waals surface area contributed by atoms with E-state index in [2.05, 4.69) is 64.1 Å². The molecule has 4 aromatic carbocycles. The summed E-state index contributed by atoms with van der Waals surface area (Å²) in [6.07, 6.45) is 1.79. The SMILES string of the molecule is N#Cc1c(NC(=S)NC(=O)c2ccccc2)ccc2c1CCCN2Cc1cccc2ccccc12. The fraction of sp³-hybridized carbons (Fsp3) is 0.138. The largest absolute Gasteiger partial charge is 0.367 e. The molecule has 0 atom stereocenters. The first-order valence-electron chi connectivity index (χ1n) is 11.6. The lowest BCUT2D eigenvalue weighted by atomic mass is 9.94. The highest BCUT2D eigenvalue weighted by Crippen LogP contribution is 2.35. The Bertz CT molecular complexity index is 1450. The van der Waals surface area contributed by atoms with Crippen LogP contribution < -0.4 is 15.5 Å². The van der Waals surface area contributed by atoms with Gasteiger partial charge < -0.3 is 10.2 Å². The third-order valence-corrected chi connectivity index (χ3v) is 6.55. The maximum atomic E-state index is 12.4. The number of thiocarbonyl (C=S) groups is 1. The quantitative estimate of drug-likeness (QED) is 0.365. The molecule has 2 N–H and O–H groups in total. The molecular formula is C29H24N4OS. The zero-order valence-corrected chi connectivity index (χ0v) is 19.9. The molecule has 0 fully saturated rings. The maximum absolute atomic E-state index is 12.4. The van der Waals surface area contributed by atoms with Gasteiger partial charge >= 0.3 is 0 Å². The van der Waals surface area contributed by atoms with Crippen LogP contribution in [-0.4, -0.2) is 17.6 Å². The Hall–Kier alpha value is -4.21. The number of carbonyl (C=O) groups is 1. The van der Waals surface area contributed by atoms with Gasteiger partial charge in [0.25, 0.3) is 5.91 Å². The third-order valence-electron chi connectivity index (χ3n) is 6.35. The fourth-order valence-electron chi connectivity index (χ4n) is 4.70. The van der Waals surface area contributed by atoms with Crippen LogP contribution in [0.5, 0.6) is 0 Å². The monoisotopic (exact) mass is 476 g/mol. The molecule has 4 aromatic rings. The Morgan fingerprint density at radius 1 is 0.971 bits per heavy atom. The van der Waals surface area contributed by atoms with E-state index in [1.54, 1.807) is 24.3 Å². The van der Waals surface area contributed by atoms with Crippen molar-refractivity contribution in [1.82, 2.24) is 5.32 Å². The second kappa shape index (κ2) is 9.96. The second-order valence-corrected chi connectivity index (χ2v) is 8.94. The van der Waals surface area contributed by atoms with Gasteiger partial charge in [-0.25, -0.2) is 0 Å². The number of anilines is 2. The average Bonchev–Trinajstić information content (AvgIpc) is 2.89. The van der Waals surface area contributed by atoms with E-state index in [0.717, 1.165) is 37.2 Å². The van der Waals surface area contributed by atoms with Crippen molar-refractivity contribution >= 4 is 45.4 Å². The summed E-state index contributed by atoms with van der Waals surface area (Å²) >= 11 is 5.37. The molecule has 0 radical (unpaired) electrons. The van der Waals surface area contributed by atoms with Gasteiger partial charge in [-0.2, -0.15) is 5.26 Å². The van der Waals surface area contributed by atoms with Crippen molar-refractivity contribution in [3.63, 3.8) is 0 Å². The molecule has 1 aliphatic rings. The highest BCUT2D eigenvalue weighted by Gasteiger charge is 2.23. The van der Waals surface area contributed by atoms with Crippen molar-refractivity contribution in [2.75, 3.05) is 16.8 Å². The van der Waals surface area contributed by atoms with E-state index < -0.39 is 0 Å². The van der Waals surface area contributed by atoms with E-state index in [1.165, 1.54) is 16.3 Å². The van der Waals surface area contributed by atoms with Gasteiger partial charge in [-0.3, -0.25) is 10.1 Å². The van der Waals surface area contributed by atoms with Crippen LogP contribution in [0.15, 0.2) is 84.9 Å². The van der Waals surface area contributed by atoms with Crippen LogP contribution in [0.4, 0.5) is 11.4 Å². The predicted octanol–water partition coefficient (Wildman–Crippen LogP) is 5.79. The molecule has 35 heavy (non-hydrogen) atoms. The van der Waals surface area contributed by atoms with Crippen molar-refractivity contribution in [2.45, 2.75) is 19.4 Å². The van der Waals surface area contributed by atoms with Crippen molar-refractivity contribution < 1.29 is 4.79 Å². The molecule has 1 amide bonds. The summed E-state index contributed by atoms with van der Waals surface area (Å²) in [5.74, 6) is -0.291. The van der Waals surface area contributed by atoms with Crippen molar-refractivity contribution in [2.24, 2.45) is 0 Å². The molecule has 1 aliphatic heterocycles. The molecule has 172 valence electrons. The molecule has 0 saturated heterocycles. The van der Waals surface area contributed by atoms with E-state index in [4.69, 9.17) is 12.2 Å². The first kappa shape index (κ1) is 22.6. The number of nitriles is 1. The molecular weight excluding hydrogens is 452 g/mol. The van der Waals surface area contributed by atoms with Crippen LogP contribution in [0.2, 0.25) is 0 Å². The molecule has 0 aromatic heterocycles. The molecule has 5 rings (SSSR count). The van der Waals surface area contributed by atoms with Crippen molar-refractivity contribution in [3.05, 3.63) is 107 Å². The third kappa shape index (κ3) is 4.72. The molecule has 0 spiro atoms. The van der Waals surface area contributed by atoms with Gasteiger partial charge in [0.2, 0.25) is 0 Å². The van der Waals surface area contributed by atoms with Crippen molar-refractivity contribution in [3.8, 4) is 6.07 Å². The smallest absolute Gasteiger partial charge is 0.257 e. The van der Waals surface area contributed by atoms with Gasteiger partial charge in [-0.05, 0) is 71.2 Å². The topological polar surface area (TPSA) is 68.2 Å². The lowest BCUT2D eigenvalue weighted by Gasteiger charge is -2.33. The maximum Gasteiger partial charge on any atom is 0.257 e. The standard InChI is InChI=1S/C29H24N4OS/c30-18-25-24-14-7-17-33(19-22-12-6-11-20-8-4-5-13-23(20)22)27(24)16-15-26(25)31-29(35)32-28(34)21-9-2-1-3-10-21/h1-6,8-13,15-16H,7,14,17,19H2,(H2,31,32,34,35). The van der Waals surface area contributed by atoms with Crippen LogP contribution in [0.3, 0.4) is 0 Å². The van der Waals surface area contributed by atoms with Gasteiger partial charge in [0.15, 0.2) is 5.11 Å². The van der Waals surface area contributed by atoms with Gasteiger partial charge in [0.1, 0.15) is 6.07 Å². The minimum absolute atomic E-state index is 0.165. The second-order valence-electron chi connectivity index (χ2n) is 8.54. The zero-order valence-electron chi connectivity index (χ0n) is 19.1. The van der Waals surface area contributed by atoms with E-state index in [1.807, 2.05) is 18.2 Å². The Morgan fingerprint density at radius 3 is 2.57 bits per heavy atom. The molecule has 0 saturated carbocycles. The number of fused-ring (bicyclic) bond motifs is 2. The predicted molar refractivity (Wildman–Crippen MR) is 145 cm³/mol. The van der Waals surface area contributed by atoms with Crippen LogP contribution in [0.25, 0.3) is 10.8 Å². The number of carbonyl (C=O) groups excluding carboxylic acids is 1. The van der Waals surface area contributed by atoms with Crippen LogP contribution in [0, 0.1) is 11.3 Å². The number of rotatable bonds is 4. The molecule has 0 aliphatic carbocycles. The highest BCUT2D eigenvalue weighted by atomic mass is 32.1. The number of nitrogens with one attached hydrogen (secondary N) is 2. The number of amides is 1. The Morgan fingerprint density at radius 2 is 1.74 bits per heavy atom. The van der Waals surface area contributed by atoms with Gasteiger partial charge in [0, 0.05) is 24.3 Å². The number of benzene rings is 4. The average molecular weight is 477 g/mol. The number of hydrogen-bond donors (Lipinski definition) is 2. The first-order valence-corrected chi connectivity index (χ1v) is 12.0. The lowest BCUT2D eigenvalue weighted by Crippen LogP contribution is -2.34. The minimum Gasteiger partial charge on any atom is -0.367 e. The number of hydrogen-bond acceptors (Lipinski definition) is 4.